The van der Waals surface area contributed by atoms with E-state index in [1.807, 2.05) is 68.8 Å². The number of likely N-dealkylation sites (N-methyl/N-ethyl adjacent to an activating group) is 1. The number of halogens is 1. The number of pyridine rings is 2. The van der Waals surface area contributed by atoms with Gasteiger partial charge in [-0.3, -0.25) is 9.48 Å². The van der Waals surface area contributed by atoms with Crippen molar-refractivity contribution < 1.29 is 9.90 Å². The topological polar surface area (TPSA) is 99.4 Å². The van der Waals surface area contributed by atoms with Gasteiger partial charge in [0.15, 0.2) is 0 Å². The summed E-state index contributed by atoms with van der Waals surface area (Å²) in [6, 6.07) is 11.0. The van der Waals surface area contributed by atoms with E-state index in [0.29, 0.717) is 52.5 Å². The zero-order valence-electron chi connectivity index (χ0n) is 23.4. The Labute approximate surface area is 234 Å². The van der Waals surface area contributed by atoms with Crippen LogP contribution >= 0.6 is 11.6 Å². The Balaban J connectivity index is 1.65. The van der Waals surface area contributed by atoms with E-state index in [1.54, 1.807) is 30.1 Å². The summed E-state index contributed by atoms with van der Waals surface area (Å²) in [6.45, 7) is 8.15. The van der Waals surface area contributed by atoms with Gasteiger partial charge in [-0.25, -0.2) is 9.97 Å². The second kappa shape index (κ2) is 12.1. The predicted octanol–water partition coefficient (Wildman–Crippen LogP) is 4.39. The summed E-state index contributed by atoms with van der Waals surface area (Å²) in [5.74, 6) is -0.139. The quantitative estimate of drug-likeness (QED) is 0.302. The Kier molecular flexibility index (Phi) is 8.84. The highest BCUT2D eigenvalue weighted by Gasteiger charge is 2.20. The Hall–Kier alpha value is -3.53. The second-order valence-electron chi connectivity index (χ2n) is 10.1. The van der Waals surface area contributed by atoms with Gasteiger partial charge in [-0.1, -0.05) is 11.6 Å². The standard InChI is InChI=1S/C29H36ClN7O2/c1-7-37-19(3)20(14-32-37)16-36(6)29(39)24-13-28(34-26-9-8-21(30)12-23(24)26)27-11-10-25(18(2)33-27)31-15-22(38)17-35(4)5/h8-14,22,31,38H,7,15-17H2,1-6H3. The van der Waals surface area contributed by atoms with Crippen molar-refractivity contribution in [3.05, 3.63) is 70.1 Å². The van der Waals surface area contributed by atoms with Crippen LogP contribution in [0.5, 0.6) is 0 Å². The molecule has 1 aromatic carbocycles. The molecule has 0 aliphatic carbocycles. The van der Waals surface area contributed by atoms with Gasteiger partial charge in [0.05, 0.1) is 46.2 Å². The minimum absolute atomic E-state index is 0.139. The van der Waals surface area contributed by atoms with Gasteiger partial charge in [0.2, 0.25) is 0 Å². The van der Waals surface area contributed by atoms with Crippen molar-refractivity contribution in [3.63, 3.8) is 0 Å². The SMILES string of the molecule is CCn1ncc(CN(C)C(=O)c2cc(-c3ccc(NCC(O)CN(C)C)c(C)n3)nc3ccc(Cl)cc23)c1C. The number of aromatic nitrogens is 4. The van der Waals surface area contributed by atoms with Gasteiger partial charge >= 0.3 is 0 Å². The first kappa shape index (κ1) is 28.5. The van der Waals surface area contributed by atoms with Crippen LogP contribution in [0.25, 0.3) is 22.3 Å². The smallest absolute Gasteiger partial charge is 0.254 e. The molecule has 3 aromatic heterocycles. The first-order valence-corrected chi connectivity index (χ1v) is 13.4. The van der Waals surface area contributed by atoms with Gasteiger partial charge in [-0.15, -0.1) is 0 Å². The second-order valence-corrected chi connectivity index (χ2v) is 10.5. The maximum atomic E-state index is 13.8. The number of hydrogen-bond donors (Lipinski definition) is 2. The fourth-order valence-electron chi connectivity index (χ4n) is 4.60. The Morgan fingerprint density at radius 1 is 1.10 bits per heavy atom. The van der Waals surface area contributed by atoms with Crippen molar-refractivity contribution in [2.24, 2.45) is 0 Å². The van der Waals surface area contributed by atoms with Gasteiger partial charge in [0.25, 0.3) is 5.91 Å². The van der Waals surface area contributed by atoms with E-state index < -0.39 is 6.10 Å². The average Bonchev–Trinajstić information content (AvgIpc) is 3.25. The minimum atomic E-state index is -0.501. The van der Waals surface area contributed by atoms with E-state index in [2.05, 4.69) is 10.4 Å². The van der Waals surface area contributed by atoms with Crippen LogP contribution in [-0.4, -0.2) is 80.9 Å². The molecule has 4 rings (SSSR count). The molecule has 0 saturated carbocycles. The zero-order valence-corrected chi connectivity index (χ0v) is 24.1. The van der Waals surface area contributed by atoms with Crippen molar-refractivity contribution in [1.29, 1.82) is 0 Å². The lowest BCUT2D eigenvalue weighted by molar-refractivity contribution is 0.0786. The van der Waals surface area contributed by atoms with E-state index in [4.69, 9.17) is 21.6 Å². The zero-order chi connectivity index (χ0) is 28.3. The van der Waals surface area contributed by atoms with E-state index in [1.165, 1.54) is 0 Å². The molecule has 1 unspecified atom stereocenters. The molecule has 3 heterocycles. The maximum absolute atomic E-state index is 13.8. The summed E-state index contributed by atoms with van der Waals surface area (Å²) in [4.78, 5) is 27.0. The third-order valence-electron chi connectivity index (χ3n) is 6.71. The van der Waals surface area contributed by atoms with Crippen LogP contribution in [0.15, 0.2) is 42.6 Å². The Bertz CT molecular complexity index is 1480. The van der Waals surface area contributed by atoms with E-state index >= 15 is 0 Å². The van der Waals surface area contributed by atoms with E-state index in [9.17, 15) is 9.90 Å². The largest absolute Gasteiger partial charge is 0.390 e. The molecule has 0 radical (unpaired) electrons. The highest BCUT2D eigenvalue weighted by atomic mass is 35.5. The molecule has 10 heteroatoms. The first-order chi connectivity index (χ1) is 18.6. The highest BCUT2D eigenvalue weighted by molar-refractivity contribution is 6.31. The minimum Gasteiger partial charge on any atom is -0.390 e. The molecule has 4 aromatic rings. The number of carbonyl (C=O) groups excluding carboxylic acids is 1. The molecular weight excluding hydrogens is 514 g/mol. The van der Waals surface area contributed by atoms with Crippen LogP contribution < -0.4 is 5.32 Å². The summed E-state index contributed by atoms with van der Waals surface area (Å²) >= 11 is 6.32. The molecule has 2 N–H and O–H groups in total. The first-order valence-electron chi connectivity index (χ1n) is 13.0. The van der Waals surface area contributed by atoms with Gasteiger partial charge in [-0.05, 0) is 71.3 Å². The molecular formula is C29H36ClN7O2. The van der Waals surface area contributed by atoms with Crippen molar-refractivity contribution in [3.8, 4) is 11.4 Å². The van der Waals surface area contributed by atoms with Gasteiger partial charge in [0, 0.05) is 54.9 Å². The van der Waals surface area contributed by atoms with Gasteiger partial charge in [-0.2, -0.15) is 5.10 Å². The van der Waals surface area contributed by atoms with Crippen LogP contribution in [-0.2, 0) is 13.1 Å². The van der Waals surface area contributed by atoms with E-state index in [-0.39, 0.29) is 5.91 Å². The van der Waals surface area contributed by atoms with Crippen molar-refractivity contribution in [1.82, 2.24) is 29.5 Å². The van der Waals surface area contributed by atoms with E-state index in [0.717, 1.165) is 29.2 Å². The Morgan fingerprint density at radius 2 is 1.87 bits per heavy atom. The number of fused-ring (bicyclic) bond motifs is 1. The molecule has 39 heavy (non-hydrogen) atoms. The van der Waals surface area contributed by atoms with Gasteiger partial charge in [0.1, 0.15) is 0 Å². The third kappa shape index (κ3) is 6.55. The number of hydrogen-bond acceptors (Lipinski definition) is 7. The number of carbonyl (C=O) groups is 1. The number of aliphatic hydroxyl groups excluding tert-OH is 1. The highest BCUT2D eigenvalue weighted by Crippen LogP contribution is 2.29. The van der Waals surface area contributed by atoms with Crippen LogP contribution in [0.4, 0.5) is 5.69 Å². The Morgan fingerprint density at radius 3 is 2.54 bits per heavy atom. The third-order valence-corrected chi connectivity index (χ3v) is 6.95. The normalized spacial score (nSPS) is 12.2. The lowest BCUT2D eigenvalue weighted by atomic mass is 10.0. The number of anilines is 1. The molecule has 0 aliphatic rings. The lowest BCUT2D eigenvalue weighted by Crippen LogP contribution is -2.31. The molecule has 0 aliphatic heterocycles. The summed E-state index contributed by atoms with van der Waals surface area (Å²) in [5, 5.41) is 19.1. The summed E-state index contributed by atoms with van der Waals surface area (Å²) < 4.78 is 1.92. The number of nitrogens with one attached hydrogen (secondary N) is 1. The predicted molar refractivity (Wildman–Crippen MR) is 156 cm³/mol. The van der Waals surface area contributed by atoms with Crippen molar-refractivity contribution in [2.75, 3.05) is 39.5 Å². The molecule has 0 spiro atoms. The number of benzene rings is 1. The maximum Gasteiger partial charge on any atom is 0.254 e. The molecule has 0 bridgehead atoms. The average molecular weight is 550 g/mol. The lowest BCUT2D eigenvalue weighted by Gasteiger charge is -2.19. The number of rotatable bonds is 10. The fourth-order valence-corrected chi connectivity index (χ4v) is 4.77. The summed E-state index contributed by atoms with van der Waals surface area (Å²) in [5.41, 5.74) is 6.08. The van der Waals surface area contributed by atoms with Crippen molar-refractivity contribution in [2.45, 2.75) is 40.0 Å². The van der Waals surface area contributed by atoms with Crippen LogP contribution in [0, 0.1) is 13.8 Å². The number of amides is 1. The summed E-state index contributed by atoms with van der Waals surface area (Å²) in [7, 11) is 5.63. The fraction of sp³-hybridized carbons (Fsp3) is 0.379. The summed E-state index contributed by atoms with van der Waals surface area (Å²) in [6.07, 6.45) is 1.32. The monoisotopic (exact) mass is 549 g/mol. The number of aliphatic hydroxyl groups is 1. The molecule has 0 fully saturated rings. The molecule has 1 amide bonds. The van der Waals surface area contributed by atoms with Crippen LogP contribution in [0.1, 0.15) is 34.2 Å². The van der Waals surface area contributed by atoms with Crippen molar-refractivity contribution >= 4 is 34.1 Å². The molecule has 9 nitrogen and oxygen atoms in total. The van der Waals surface area contributed by atoms with Crippen LogP contribution in [0.3, 0.4) is 0 Å². The number of aryl methyl sites for hydroxylation is 2. The number of nitrogens with zero attached hydrogens (tertiary/aromatic N) is 6. The van der Waals surface area contributed by atoms with Gasteiger partial charge < -0.3 is 20.2 Å². The molecule has 206 valence electrons. The molecule has 0 saturated heterocycles. The molecule has 1 atom stereocenters. The van der Waals surface area contributed by atoms with Crippen LogP contribution in [0.2, 0.25) is 5.02 Å².